The van der Waals surface area contributed by atoms with Gasteiger partial charge in [-0.2, -0.15) is 0 Å². The van der Waals surface area contributed by atoms with E-state index in [-0.39, 0.29) is 13.2 Å². The van der Waals surface area contributed by atoms with Gasteiger partial charge in [-0.25, -0.2) is 14.0 Å². The van der Waals surface area contributed by atoms with E-state index < -0.39 is 30.9 Å². The van der Waals surface area contributed by atoms with Crippen LogP contribution in [-0.2, 0) is 22.7 Å². The molecule has 1 saturated heterocycles. The smallest absolute Gasteiger partial charge is 0.315 e. The zero-order chi connectivity index (χ0) is 17.3. The summed E-state index contributed by atoms with van der Waals surface area (Å²) in [4.78, 5) is 12.4. The highest BCUT2D eigenvalue weighted by Crippen LogP contribution is 2.72. The lowest BCUT2D eigenvalue weighted by molar-refractivity contribution is 0.162. The maximum absolute atomic E-state index is 12.9. The van der Waals surface area contributed by atoms with Crippen LogP contribution >= 0.6 is 50.1 Å². The second-order valence-corrected chi connectivity index (χ2v) is 11.0. The molecule has 0 aliphatic carbocycles. The van der Waals surface area contributed by atoms with Gasteiger partial charge in [0.1, 0.15) is 0 Å². The summed E-state index contributed by atoms with van der Waals surface area (Å²) in [6.07, 6.45) is 0. The van der Waals surface area contributed by atoms with Gasteiger partial charge in [-0.3, -0.25) is 18.3 Å². The number of carbonyl (C=O) groups is 1. The molecule has 13 heteroatoms. The first-order valence-electron chi connectivity index (χ1n) is 6.18. The molecule has 0 saturated carbocycles. The number of urea groups is 1. The largest absolute Gasteiger partial charge is 0.439 e. The molecule has 0 bridgehead atoms. The average molecular weight is 418 g/mol. The quantitative estimate of drug-likeness (QED) is 0.478. The number of rotatable bonds is 6. The zero-order valence-corrected chi connectivity index (χ0v) is 16.4. The molecule has 0 spiro atoms. The second-order valence-electron chi connectivity index (χ2n) is 4.12. The molecule has 1 aliphatic rings. The van der Waals surface area contributed by atoms with Crippen LogP contribution in [0.2, 0.25) is 0 Å². The highest BCUT2D eigenvalue weighted by atomic mass is 35.6. The molecule has 1 heterocycles. The summed E-state index contributed by atoms with van der Waals surface area (Å²) in [7, 11) is -5.82. The van der Waals surface area contributed by atoms with Crippen LogP contribution in [0.15, 0.2) is 0 Å². The molecule has 8 nitrogen and oxygen atoms in total. The summed E-state index contributed by atoms with van der Waals surface area (Å²) < 4.78 is 40.1. The fourth-order valence-corrected chi connectivity index (χ4v) is 8.01. The lowest BCUT2D eigenvalue weighted by Crippen LogP contribution is -2.40. The predicted octanol–water partition coefficient (Wildman–Crippen LogP) is 4.07. The molecule has 0 radical (unpaired) electrons. The molecule has 1 aliphatic heterocycles. The van der Waals surface area contributed by atoms with Crippen LogP contribution in [-0.4, -0.2) is 52.3 Å². The van der Waals surface area contributed by atoms with Gasteiger partial charge in [-0.15, -0.1) is 0 Å². The summed E-state index contributed by atoms with van der Waals surface area (Å²) in [5.41, 5.74) is 0. The number of amides is 2. The first-order valence-corrected chi connectivity index (χ1v) is 10.5. The van der Waals surface area contributed by atoms with E-state index in [1.165, 1.54) is 7.05 Å². The second kappa shape index (κ2) is 7.16. The van der Waals surface area contributed by atoms with E-state index in [0.29, 0.717) is 4.67 Å². The van der Waals surface area contributed by atoms with Gasteiger partial charge in [0.2, 0.25) is 3.79 Å². The first-order chi connectivity index (χ1) is 9.99. The summed E-state index contributed by atoms with van der Waals surface area (Å²) in [6, 6.07) is -0.938. The lowest BCUT2D eigenvalue weighted by atomic mass is 10.7. The summed E-state index contributed by atoms with van der Waals surface area (Å²) in [6.45, 7) is 3.04. The summed E-state index contributed by atoms with van der Waals surface area (Å²) in [5, 5.41) is 0. The molecule has 1 fully saturated rings. The molecule has 1 rings (SSSR count). The SMILES string of the molecule is CCOP(=O)(OCC)N1C(=O)N(C)[P@](=O)(OC)[C@@H]1C(Cl)(Cl)Cl. The van der Waals surface area contributed by atoms with Crippen molar-refractivity contribution < 1.29 is 27.5 Å². The number of carbonyl (C=O) groups excluding carboxylic acids is 1. The Morgan fingerprint density at radius 1 is 1.27 bits per heavy atom. The normalized spacial score (nSPS) is 26.9. The summed E-state index contributed by atoms with van der Waals surface area (Å²) >= 11 is 17.6. The fraction of sp³-hybridized carbons (Fsp3) is 0.889. The maximum atomic E-state index is 12.9. The lowest BCUT2D eigenvalue weighted by Gasteiger charge is -2.33. The van der Waals surface area contributed by atoms with Crippen molar-refractivity contribution in [3.05, 3.63) is 0 Å². The van der Waals surface area contributed by atoms with E-state index >= 15 is 0 Å². The standard InChI is InChI=1S/C9H17Cl3N2O6P2/c1-5-19-22(17,20-6-2)14-7(9(10,11)12)21(16,18-4)13(3)8(14)15/h7H,5-6H2,1-4H3/t7-,21-/m1/s1. The highest BCUT2D eigenvalue weighted by molar-refractivity contribution is 7.62. The Labute approximate surface area is 144 Å². The van der Waals surface area contributed by atoms with Crippen molar-refractivity contribution in [3.8, 4) is 0 Å². The zero-order valence-electron chi connectivity index (χ0n) is 12.4. The molecular formula is C9H17Cl3N2O6P2. The predicted molar refractivity (Wildman–Crippen MR) is 84.6 cm³/mol. The van der Waals surface area contributed by atoms with Gasteiger partial charge < -0.3 is 4.52 Å². The molecule has 0 aromatic heterocycles. The van der Waals surface area contributed by atoms with E-state index in [2.05, 4.69) is 0 Å². The third-order valence-electron chi connectivity index (χ3n) is 2.83. The molecule has 22 heavy (non-hydrogen) atoms. The maximum Gasteiger partial charge on any atom is 0.439 e. The van der Waals surface area contributed by atoms with Crippen molar-refractivity contribution in [2.24, 2.45) is 0 Å². The van der Waals surface area contributed by atoms with Gasteiger partial charge in [-0.1, -0.05) is 34.8 Å². The van der Waals surface area contributed by atoms with Gasteiger partial charge in [0.15, 0.2) is 5.78 Å². The van der Waals surface area contributed by atoms with E-state index in [9.17, 15) is 13.9 Å². The van der Waals surface area contributed by atoms with E-state index in [0.717, 1.165) is 11.8 Å². The minimum Gasteiger partial charge on any atom is -0.315 e. The van der Waals surface area contributed by atoms with E-state index in [4.69, 9.17) is 48.4 Å². The van der Waals surface area contributed by atoms with Crippen LogP contribution in [0.25, 0.3) is 0 Å². The molecule has 0 unspecified atom stereocenters. The topological polar surface area (TPSA) is 85.4 Å². The van der Waals surface area contributed by atoms with Gasteiger partial charge >= 0.3 is 21.3 Å². The molecule has 130 valence electrons. The minimum atomic E-state index is -4.17. The molecular weight excluding hydrogens is 400 g/mol. The molecule has 0 aromatic rings. The fourth-order valence-electron chi connectivity index (χ4n) is 1.95. The molecule has 0 aromatic carbocycles. The van der Waals surface area contributed by atoms with Crippen LogP contribution in [0.3, 0.4) is 0 Å². The molecule has 2 atom stereocenters. The summed E-state index contributed by atoms with van der Waals surface area (Å²) in [5.74, 6) is -1.64. The minimum absolute atomic E-state index is 0.0331. The number of hydrogen-bond acceptors (Lipinski definition) is 6. The van der Waals surface area contributed by atoms with E-state index in [1.807, 2.05) is 0 Å². The van der Waals surface area contributed by atoms with Crippen molar-refractivity contribution >= 4 is 56.1 Å². The Morgan fingerprint density at radius 2 is 1.73 bits per heavy atom. The van der Waals surface area contributed by atoms with Gasteiger partial charge in [0.05, 0.1) is 13.2 Å². The van der Waals surface area contributed by atoms with Crippen LogP contribution in [0.5, 0.6) is 0 Å². The number of nitrogens with zero attached hydrogens (tertiary/aromatic N) is 2. The Balaban J connectivity index is 3.51. The number of hydrogen-bond donors (Lipinski definition) is 0. The van der Waals surface area contributed by atoms with Crippen molar-refractivity contribution in [2.45, 2.75) is 23.4 Å². The number of alkyl halides is 3. The van der Waals surface area contributed by atoms with Crippen molar-refractivity contribution in [3.63, 3.8) is 0 Å². The van der Waals surface area contributed by atoms with Crippen molar-refractivity contribution in [2.75, 3.05) is 27.4 Å². The monoisotopic (exact) mass is 416 g/mol. The van der Waals surface area contributed by atoms with Gasteiger partial charge in [0, 0.05) is 14.2 Å². The van der Waals surface area contributed by atoms with Crippen LogP contribution < -0.4 is 0 Å². The Hall–Kier alpha value is 0.480. The van der Waals surface area contributed by atoms with Gasteiger partial charge in [0.25, 0.3) is 0 Å². The third-order valence-corrected chi connectivity index (χ3v) is 8.96. The van der Waals surface area contributed by atoms with Crippen LogP contribution in [0.4, 0.5) is 4.79 Å². The van der Waals surface area contributed by atoms with Crippen LogP contribution in [0.1, 0.15) is 13.8 Å². The highest BCUT2D eigenvalue weighted by Gasteiger charge is 2.67. The Morgan fingerprint density at radius 3 is 2.05 bits per heavy atom. The van der Waals surface area contributed by atoms with Crippen molar-refractivity contribution in [1.29, 1.82) is 0 Å². The molecule has 2 amide bonds. The van der Waals surface area contributed by atoms with E-state index in [1.54, 1.807) is 13.8 Å². The Kier molecular flexibility index (Phi) is 6.68. The Bertz CT molecular complexity index is 518. The third kappa shape index (κ3) is 3.45. The first kappa shape index (κ1) is 20.5. The average Bonchev–Trinajstić information content (AvgIpc) is 2.61. The molecule has 0 N–H and O–H groups in total. The van der Waals surface area contributed by atoms with Gasteiger partial charge in [-0.05, 0) is 13.8 Å². The number of halogens is 3. The van der Waals surface area contributed by atoms with Crippen molar-refractivity contribution in [1.82, 2.24) is 9.34 Å². The van der Waals surface area contributed by atoms with Crippen LogP contribution in [0, 0.1) is 0 Å².